The number of benzene rings is 2. The molecule has 0 atom stereocenters. The lowest BCUT2D eigenvalue weighted by Gasteiger charge is -2.11. The molecule has 0 spiro atoms. The fourth-order valence-electron chi connectivity index (χ4n) is 3.16. The Kier molecular flexibility index (Phi) is 4.32. The molecule has 0 aliphatic heterocycles. The second-order valence-corrected chi connectivity index (χ2v) is 7.53. The van der Waals surface area contributed by atoms with Crippen LogP contribution in [0, 0.1) is 11.3 Å². The van der Waals surface area contributed by atoms with E-state index in [9.17, 15) is 5.26 Å². The van der Waals surface area contributed by atoms with Crippen molar-refractivity contribution in [3.05, 3.63) is 65.4 Å². The highest BCUT2D eigenvalue weighted by molar-refractivity contribution is 7.18. The zero-order chi connectivity index (χ0) is 18.1. The van der Waals surface area contributed by atoms with E-state index in [-0.39, 0.29) is 6.10 Å². The standard InChI is InChI=1S/C22H18N2OS/c1-14(2)25-20-10-9-16(11-17(20)12-23)22-24-13-21(26-22)19-8-4-6-15-5-3-7-18(15)19/h3-6,8-11,13-14H,7H2,1-2H3. The summed E-state index contributed by atoms with van der Waals surface area (Å²) < 4.78 is 5.71. The fraction of sp³-hybridized carbons (Fsp3) is 0.182. The molecule has 0 amide bonds. The first kappa shape index (κ1) is 16.6. The number of allylic oxidation sites excluding steroid dienone is 1. The summed E-state index contributed by atoms with van der Waals surface area (Å²) in [5, 5.41) is 10.4. The predicted molar refractivity (Wildman–Crippen MR) is 106 cm³/mol. The van der Waals surface area contributed by atoms with E-state index in [4.69, 9.17) is 4.74 Å². The summed E-state index contributed by atoms with van der Waals surface area (Å²) in [6.45, 7) is 3.91. The predicted octanol–water partition coefficient (Wildman–Crippen LogP) is 5.71. The second-order valence-electron chi connectivity index (χ2n) is 6.50. The van der Waals surface area contributed by atoms with E-state index in [1.54, 1.807) is 11.3 Å². The Balaban J connectivity index is 1.69. The Bertz CT molecular complexity index is 1040. The highest BCUT2D eigenvalue weighted by Crippen LogP contribution is 2.37. The lowest BCUT2D eigenvalue weighted by Crippen LogP contribution is -2.06. The molecule has 128 valence electrons. The molecule has 0 unspecified atom stereocenters. The van der Waals surface area contributed by atoms with Crippen LogP contribution in [0.4, 0.5) is 0 Å². The third kappa shape index (κ3) is 3.02. The molecule has 3 aromatic rings. The summed E-state index contributed by atoms with van der Waals surface area (Å²) in [6, 6.07) is 14.3. The van der Waals surface area contributed by atoms with Gasteiger partial charge in [-0.25, -0.2) is 4.98 Å². The van der Waals surface area contributed by atoms with Gasteiger partial charge in [0.15, 0.2) is 0 Å². The zero-order valence-corrected chi connectivity index (χ0v) is 15.5. The summed E-state index contributed by atoms with van der Waals surface area (Å²) in [5.41, 5.74) is 5.38. The van der Waals surface area contributed by atoms with Gasteiger partial charge in [0.05, 0.1) is 16.5 Å². The number of fused-ring (bicyclic) bond motifs is 1. The van der Waals surface area contributed by atoms with Gasteiger partial charge in [-0.2, -0.15) is 5.26 Å². The highest BCUT2D eigenvalue weighted by Gasteiger charge is 2.15. The van der Waals surface area contributed by atoms with E-state index in [2.05, 4.69) is 41.4 Å². The van der Waals surface area contributed by atoms with Gasteiger partial charge in [0.1, 0.15) is 16.8 Å². The van der Waals surface area contributed by atoms with Crippen molar-refractivity contribution >= 4 is 17.4 Å². The van der Waals surface area contributed by atoms with Crippen molar-refractivity contribution in [3.63, 3.8) is 0 Å². The molecule has 0 bridgehead atoms. The van der Waals surface area contributed by atoms with Crippen LogP contribution in [-0.2, 0) is 6.42 Å². The van der Waals surface area contributed by atoms with E-state index < -0.39 is 0 Å². The molecule has 1 aliphatic carbocycles. The average molecular weight is 358 g/mol. The summed E-state index contributed by atoms with van der Waals surface area (Å²) in [7, 11) is 0. The van der Waals surface area contributed by atoms with Gasteiger partial charge >= 0.3 is 0 Å². The molecular weight excluding hydrogens is 340 g/mol. The van der Waals surface area contributed by atoms with E-state index in [1.807, 2.05) is 38.2 Å². The van der Waals surface area contributed by atoms with Crippen LogP contribution in [0.5, 0.6) is 5.75 Å². The van der Waals surface area contributed by atoms with Crippen molar-refractivity contribution < 1.29 is 4.74 Å². The van der Waals surface area contributed by atoms with Crippen LogP contribution >= 0.6 is 11.3 Å². The van der Waals surface area contributed by atoms with Crippen molar-refractivity contribution in [1.29, 1.82) is 5.26 Å². The van der Waals surface area contributed by atoms with Gasteiger partial charge < -0.3 is 4.74 Å². The van der Waals surface area contributed by atoms with Gasteiger partial charge in [-0.15, -0.1) is 11.3 Å². The van der Waals surface area contributed by atoms with Gasteiger partial charge in [0, 0.05) is 11.8 Å². The molecule has 26 heavy (non-hydrogen) atoms. The van der Waals surface area contributed by atoms with E-state index >= 15 is 0 Å². The highest BCUT2D eigenvalue weighted by atomic mass is 32.1. The van der Waals surface area contributed by atoms with Crippen LogP contribution in [0.25, 0.3) is 27.1 Å². The maximum atomic E-state index is 9.44. The normalized spacial score (nSPS) is 12.2. The topological polar surface area (TPSA) is 45.9 Å². The monoisotopic (exact) mass is 358 g/mol. The van der Waals surface area contributed by atoms with Crippen LogP contribution in [0.1, 0.15) is 30.5 Å². The molecule has 0 radical (unpaired) electrons. The quantitative estimate of drug-likeness (QED) is 0.600. The SMILES string of the molecule is CC(C)Oc1ccc(-c2ncc(-c3cccc4c3CC=C4)s2)cc1C#N. The van der Waals surface area contributed by atoms with E-state index in [0.29, 0.717) is 11.3 Å². The molecule has 4 rings (SSSR count). The second kappa shape index (κ2) is 6.78. The van der Waals surface area contributed by atoms with Gasteiger partial charge in [-0.05, 0) is 55.2 Å². The first-order valence-corrected chi connectivity index (χ1v) is 9.43. The summed E-state index contributed by atoms with van der Waals surface area (Å²) in [6.07, 6.45) is 7.31. The minimum atomic E-state index is 0.0354. The van der Waals surface area contributed by atoms with Gasteiger partial charge in [-0.3, -0.25) is 0 Å². The Morgan fingerprint density at radius 3 is 2.92 bits per heavy atom. The summed E-state index contributed by atoms with van der Waals surface area (Å²) in [4.78, 5) is 5.76. The Morgan fingerprint density at radius 2 is 2.12 bits per heavy atom. The fourth-order valence-corrected chi connectivity index (χ4v) is 4.13. The Hall–Kier alpha value is -2.90. The molecule has 1 aromatic heterocycles. The van der Waals surface area contributed by atoms with Gasteiger partial charge in [-0.1, -0.05) is 30.4 Å². The van der Waals surface area contributed by atoms with Gasteiger partial charge in [0.25, 0.3) is 0 Å². The number of aromatic nitrogens is 1. The number of thiazole rings is 1. The molecule has 0 fully saturated rings. The molecule has 2 aromatic carbocycles. The van der Waals surface area contributed by atoms with Crippen LogP contribution < -0.4 is 4.74 Å². The molecule has 4 heteroatoms. The van der Waals surface area contributed by atoms with Crippen molar-refractivity contribution in [2.45, 2.75) is 26.4 Å². The lowest BCUT2D eigenvalue weighted by molar-refractivity contribution is 0.242. The van der Waals surface area contributed by atoms with E-state index in [0.717, 1.165) is 21.9 Å². The first-order valence-electron chi connectivity index (χ1n) is 8.61. The minimum absolute atomic E-state index is 0.0354. The summed E-state index contributed by atoms with van der Waals surface area (Å²) in [5.74, 6) is 0.620. The number of hydrogen-bond acceptors (Lipinski definition) is 4. The molecule has 0 saturated carbocycles. The molecule has 0 saturated heterocycles. The number of nitrogens with zero attached hydrogens (tertiary/aromatic N) is 2. The Labute approximate surface area is 157 Å². The first-order chi connectivity index (χ1) is 12.7. The van der Waals surface area contributed by atoms with Crippen molar-refractivity contribution in [3.8, 4) is 32.8 Å². The van der Waals surface area contributed by atoms with Crippen molar-refractivity contribution in [1.82, 2.24) is 4.98 Å². The number of ether oxygens (including phenoxy) is 1. The largest absolute Gasteiger partial charge is 0.490 e. The molecule has 0 N–H and O–H groups in total. The van der Waals surface area contributed by atoms with Crippen LogP contribution in [0.2, 0.25) is 0 Å². The molecule has 1 heterocycles. The zero-order valence-electron chi connectivity index (χ0n) is 14.7. The van der Waals surface area contributed by atoms with E-state index in [1.165, 1.54) is 16.7 Å². The van der Waals surface area contributed by atoms with Crippen molar-refractivity contribution in [2.75, 3.05) is 0 Å². The molecule has 1 aliphatic rings. The molecular formula is C22H18N2OS. The average Bonchev–Trinajstić information content (AvgIpc) is 3.30. The van der Waals surface area contributed by atoms with Gasteiger partial charge in [0.2, 0.25) is 0 Å². The lowest BCUT2D eigenvalue weighted by atomic mass is 10.0. The van der Waals surface area contributed by atoms with Crippen LogP contribution in [-0.4, -0.2) is 11.1 Å². The minimum Gasteiger partial charge on any atom is -0.490 e. The molecule has 3 nitrogen and oxygen atoms in total. The number of hydrogen-bond donors (Lipinski definition) is 0. The maximum Gasteiger partial charge on any atom is 0.137 e. The Morgan fingerprint density at radius 1 is 1.23 bits per heavy atom. The third-order valence-electron chi connectivity index (χ3n) is 4.31. The van der Waals surface area contributed by atoms with Crippen molar-refractivity contribution in [2.24, 2.45) is 0 Å². The maximum absolute atomic E-state index is 9.44. The van der Waals surface area contributed by atoms with Crippen LogP contribution in [0.15, 0.2) is 48.7 Å². The summed E-state index contributed by atoms with van der Waals surface area (Å²) >= 11 is 1.65. The smallest absolute Gasteiger partial charge is 0.137 e. The number of nitriles is 1. The van der Waals surface area contributed by atoms with Crippen LogP contribution in [0.3, 0.4) is 0 Å². The number of rotatable bonds is 4. The third-order valence-corrected chi connectivity index (χ3v) is 5.39.